The van der Waals surface area contributed by atoms with Gasteiger partial charge in [-0.1, -0.05) is 6.07 Å². The minimum atomic E-state index is 0.418. The van der Waals surface area contributed by atoms with E-state index >= 15 is 0 Å². The molecule has 0 aromatic heterocycles. The molecule has 1 heterocycles. The van der Waals surface area contributed by atoms with E-state index in [2.05, 4.69) is 53.5 Å². The molecule has 22 heavy (non-hydrogen) atoms. The molecule has 2 aliphatic rings. The van der Waals surface area contributed by atoms with Crippen LogP contribution in [0.15, 0.2) is 18.2 Å². The molecule has 0 spiro atoms. The average molecular weight is 321 g/mol. The van der Waals surface area contributed by atoms with Crippen molar-refractivity contribution in [1.29, 1.82) is 0 Å². The molecule has 1 saturated heterocycles. The fourth-order valence-corrected chi connectivity index (χ4v) is 4.54. The zero-order valence-electron chi connectivity index (χ0n) is 14.0. The van der Waals surface area contributed by atoms with Crippen molar-refractivity contribution in [1.82, 2.24) is 10.2 Å². The molecule has 0 amide bonds. The number of nitrogens with one attached hydrogen (secondary N) is 1. The van der Waals surface area contributed by atoms with Gasteiger partial charge in [-0.2, -0.15) is 11.8 Å². The second-order valence-electron chi connectivity index (χ2n) is 6.73. The van der Waals surface area contributed by atoms with Crippen LogP contribution in [0.4, 0.5) is 0 Å². The first-order chi connectivity index (χ1) is 10.7. The second kappa shape index (κ2) is 6.81. The van der Waals surface area contributed by atoms with Crippen molar-refractivity contribution in [3.8, 4) is 5.75 Å². The molecule has 0 bridgehead atoms. The molecule has 3 nitrogen and oxygen atoms in total. The number of rotatable bonds is 5. The number of hydrogen-bond donors (Lipinski definition) is 1. The Bertz CT molecular complexity index is 512. The Hall–Kier alpha value is -0.710. The maximum absolute atomic E-state index is 5.34. The van der Waals surface area contributed by atoms with Gasteiger partial charge in [-0.3, -0.25) is 0 Å². The van der Waals surface area contributed by atoms with Gasteiger partial charge in [-0.15, -0.1) is 0 Å². The van der Waals surface area contributed by atoms with Gasteiger partial charge in [-0.25, -0.2) is 0 Å². The van der Waals surface area contributed by atoms with Crippen LogP contribution in [0.2, 0.25) is 0 Å². The highest BCUT2D eigenvalue weighted by atomic mass is 32.2. The van der Waals surface area contributed by atoms with Crippen LogP contribution in [0.1, 0.15) is 36.4 Å². The van der Waals surface area contributed by atoms with Gasteiger partial charge in [0, 0.05) is 17.3 Å². The van der Waals surface area contributed by atoms with Crippen LogP contribution in [-0.4, -0.2) is 49.7 Å². The van der Waals surface area contributed by atoms with E-state index in [0.717, 1.165) is 12.3 Å². The fourth-order valence-electron chi connectivity index (χ4n) is 3.72. The molecule has 1 unspecified atom stereocenters. The molecule has 122 valence electrons. The first-order valence-electron chi connectivity index (χ1n) is 8.30. The van der Waals surface area contributed by atoms with Crippen molar-refractivity contribution >= 4 is 11.8 Å². The molecular weight excluding hydrogens is 292 g/mol. The zero-order chi connectivity index (χ0) is 15.6. The van der Waals surface area contributed by atoms with Gasteiger partial charge in [0.05, 0.1) is 7.11 Å². The summed E-state index contributed by atoms with van der Waals surface area (Å²) in [5, 5.41) is 3.87. The first-order valence-corrected chi connectivity index (χ1v) is 9.52. The minimum Gasteiger partial charge on any atom is -0.497 e. The number of likely N-dealkylation sites (tertiary alicyclic amines) is 1. The summed E-state index contributed by atoms with van der Waals surface area (Å²) in [4.78, 5) is 2.45. The van der Waals surface area contributed by atoms with Gasteiger partial charge in [0.1, 0.15) is 5.75 Å². The van der Waals surface area contributed by atoms with E-state index < -0.39 is 0 Å². The van der Waals surface area contributed by atoms with Crippen molar-refractivity contribution in [2.24, 2.45) is 0 Å². The lowest BCUT2D eigenvalue weighted by Gasteiger charge is -2.40. The lowest BCUT2D eigenvalue weighted by Crippen LogP contribution is -2.47. The molecule has 1 aliphatic heterocycles. The number of thioether (sulfide) groups is 1. The van der Waals surface area contributed by atoms with Crippen LogP contribution in [0, 0.1) is 0 Å². The lowest BCUT2D eigenvalue weighted by atomic mass is 9.95. The van der Waals surface area contributed by atoms with Crippen LogP contribution in [0.25, 0.3) is 0 Å². The number of aryl methyl sites for hydroxylation is 1. The maximum Gasteiger partial charge on any atom is 0.119 e. The molecule has 1 fully saturated rings. The Morgan fingerprint density at radius 3 is 2.82 bits per heavy atom. The standard InChI is InChI=1S/C18H28N2OS/c1-20-10-8-18(22-3,9-11-20)13-19-17-7-4-14-12-15(21-2)5-6-16(14)17/h5-6,12,17,19H,4,7-11,13H2,1-3H3. The molecule has 1 aliphatic carbocycles. The van der Waals surface area contributed by atoms with Crippen LogP contribution in [0.5, 0.6) is 5.75 Å². The molecular formula is C18H28N2OS. The highest BCUT2D eigenvalue weighted by Gasteiger charge is 2.34. The third-order valence-electron chi connectivity index (χ3n) is 5.43. The van der Waals surface area contributed by atoms with Crippen molar-refractivity contribution in [3.05, 3.63) is 29.3 Å². The number of ether oxygens (including phenoxy) is 1. The van der Waals surface area contributed by atoms with E-state index in [0.29, 0.717) is 10.8 Å². The molecule has 0 saturated carbocycles. The molecule has 1 atom stereocenters. The molecule has 1 aromatic carbocycles. The highest BCUT2D eigenvalue weighted by molar-refractivity contribution is 8.00. The van der Waals surface area contributed by atoms with Gasteiger partial charge in [0.15, 0.2) is 0 Å². The van der Waals surface area contributed by atoms with E-state index in [9.17, 15) is 0 Å². The third-order valence-corrected chi connectivity index (χ3v) is 6.85. The fraction of sp³-hybridized carbons (Fsp3) is 0.667. The topological polar surface area (TPSA) is 24.5 Å². The molecule has 1 aromatic rings. The van der Waals surface area contributed by atoms with Gasteiger partial charge in [0.2, 0.25) is 0 Å². The molecule has 3 rings (SSSR count). The van der Waals surface area contributed by atoms with Crippen LogP contribution in [0.3, 0.4) is 0 Å². The Kier molecular flexibility index (Phi) is 5.00. The van der Waals surface area contributed by atoms with Gasteiger partial charge < -0.3 is 15.0 Å². The van der Waals surface area contributed by atoms with Gasteiger partial charge in [-0.05, 0) is 75.3 Å². The number of nitrogens with zero attached hydrogens (tertiary/aromatic N) is 1. The SMILES string of the molecule is COc1ccc2c(c1)CCC2NCC1(SC)CCN(C)CC1. The number of methoxy groups -OCH3 is 1. The summed E-state index contributed by atoms with van der Waals surface area (Å²) in [7, 11) is 3.98. The van der Waals surface area contributed by atoms with Crippen molar-refractivity contribution in [3.63, 3.8) is 0 Å². The van der Waals surface area contributed by atoms with Crippen LogP contribution < -0.4 is 10.1 Å². The first kappa shape index (κ1) is 16.2. The highest BCUT2D eigenvalue weighted by Crippen LogP contribution is 2.37. The Morgan fingerprint density at radius 2 is 2.14 bits per heavy atom. The smallest absolute Gasteiger partial charge is 0.119 e. The van der Waals surface area contributed by atoms with Crippen molar-refractivity contribution in [2.45, 2.75) is 36.5 Å². The quantitative estimate of drug-likeness (QED) is 0.901. The molecule has 4 heteroatoms. The number of benzene rings is 1. The molecule has 0 radical (unpaired) electrons. The average Bonchev–Trinajstić information content (AvgIpc) is 2.97. The normalized spacial score (nSPS) is 24.2. The van der Waals surface area contributed by atoms with E-state index in [1.54, 1.807) is 7.11 Å². The predicted molar refractivity (Wildman–Crippen MR) is 95.0 cm³/mol. The summed E-state index contributed by atoms with van der Waals surface area (Å²) >= 11 is 2.06. The largest absolute Gasteiger partial charge is 0.497 e. The Balaban J connectivity index is 1.63. The lowest BCUT2D eigenvalue weighted by molar-refractivity contribution is 0.232. The van der Waals surface area contributed by atoms with E-state index in [1.165, 1.54) is 49.9 Å². The van der Waals surface area contributed by atoms with Crippen molar-refractivity contribution in [2.75, 3.05) is 40.0 Å². The number of hydrogen-bond acceptors (Lipinski definition) is 4. The predicted octanol–water partition coefficient (Wildman–Crippen LogP) is 3.10. The van der Waals surface area contributed by atoms with Crippen LogP contribution >= 0.6 is 11.8 Å². The van der Waals surface area contributed by atoms with E-state index in [1.807, 2.05) is 0 Å². The minimum absolute atomic E-state index is 0.418. The maximum atomic E-state index is 5.34. The van der Waals surface area contributed by atoms with E-state index in [-0.39, 0.29) is 0 Å². The second-order valence-corrected chi connectivity index (χ2v) is 8.00. The van der Waals surface area contributed by atoms with Crippen molar-refractivity contribution < 1.29 is 4.74 Å². The van der Waals surface area contributed by atoms with Gasteiger partial charge in [0.25, 0.3) is 0 Å². The third kappa shape index (κ3) is 3.29. The summed E-state index contributed by atoms with van der Waals surface area (Å²) in [6.45, 7) is 3.57. The van der Waals surface area contributed by atoms with Crippen LogP contribution in [-0.2, 0) is 6.42 Å². The Labute approximate surface area is 138 Å². The molecule has 1 N–H and O–H groups in total. The number of piperidine rings is 1. The zero-order valence-corrected chi connectivity index (χ0v) is 14.8. The number of fused-ring (bicyclic) bond motifs is 1. The summed E-state index contributed by atoms with van der Waals surface area (Å²) in [6.07, 6.45) is 7.24. The van der Waals surface area contributed by atoms with E-state index in [4.69, 9.17) is 4.74 Å². The monoisotopic (exact) mass is 320 g/mol. The summed E-state index contributed by atoms with van der Waals surface area (Å²) in [6, 6.07) is 7.07. The van der Waals surface area contributed by atoms with Gasteiger partial charge >= 0.3 is 0 Å². The summed E-state index contributed by atoms with van der Waals surface area (Å²) in [5.41, 5.74) is 2.93. The summed E-state index contributed by atoms with van der Waals surface area (Å²) < 4.78 is 5.76. The Morgan fingerprint density at radius 1 is 1.36 bits per heavy atom. The summed E-state index contributed by atoms with van der Waals surface area (Å²) in [5.74, 6) is 0.982.